The second-order valence-electron chi connectivity index (χ2n) is 3.83. The molecule has 0 radical (unpaired) electrons. The fourth-order valence-corrected chi connectivity index (χ4v) is 1.85. The van der Waals surface area contributed by atoms with Gasteiger partial charge in [0.1, 0.15) is 11.0 Å². The number of hydrogen-bond donors (Lipinski definition) is 1. The fourth-order valence-electron chi connectivity index (χ4n) is 1.65. The average molecular weight is 257 g/mol. The van der Waals surface area contributed by atoms with Crippen molar-refractivity contribution in [1.82, 2.24) is 4.98 Å². The van der Waals surface area contributed by atoms with Crippen molar-refractivity contribution in [2.45, 2.75) is 26.7 Å². The molecule has 0 atom stereocenters. The summed E-state index contributed by atoms with van der Waals surface area (Å²) >= 11 is 5.84. The van der Waals surface area contributed by atoms with Gasteiger partial charge >= 0.3 is 5.97 Å². The summed E-state index contributed by atoms with van der Waals surface area (Å²) in [5.41, 5.74) is 0.178. The molecule has 0 amide bonds. The molecule has 1 heterocycles. The van der Waals surface area contributed by atoms with Crippen molar-refractivity contribution in [1.29, 1.82) is 0 Å². The zero-order valence-corrected chi connectivity index (χ0v) is 10.9. The lowest BCUT2D eigenvalue weighted by Gasteiger charge is -2.22. The van der Waals surface area contributed by atoms with Crippen molar-refractivity contribution in [3.63, 3.8) is 0 Å². The number of hydrogen-bond acceptors (Lipinski definition) is 3. The standard InChI is InChI=1S/C12H17ClN2O2/c1-3-5-15(6-4-2)11-8-9(12(16)17)7-10(13)14-11/h7-8H,3-6H2,1-2H3,(H,16,17). The van der Waals surface area contributed by atoms with E-state index in [0.717, 1.165) is 25.9 Å². The topological polar surface area (TPSA) is 53.4 Å². The number of carboxylic acid groups (broad SMARTS) is 1. The second-order valence-corrected chi connectivity index (χ2v) is 4.22. The minimum atomic E-state index is -0.983. The van der Waals surface area contributed by atoms with E-state index in [1.165, 1.54) is 6.07 Å². The van der Waals surface area contributed by atoms with E-state index >= 15 is 0 Å². The molecule has 0 unspecified atom stereocenters. The van der Waals surface area contributed by atoms with Crippen molar-refractivity contribution in [2.24, 2.45) is 0 Å². The number of pyridine rings is 1. The molecule has 0 bridgehead atoms. The van der Waals surface area contributed by atoms with Gasteiger partial charge in [0, 0.05) is 13.1 Å². The van der Waals surface area contributed by atoms with Crippen LogP contribution in [0.15, 0.2) is 12.1 Å². The Labute approximate surface area is 106 Å². The first-order valence-electron chi connectivity index (χ1n) is 5.74. The molecule has 0 spiro atoms. The van der Waals surface area contributed by atoms with Crippen LogP contribution in [0.5, 0.6) is 0 Å². The summed E-state index contributed by atoms with van der Waals surface area (Å²) in [6, 6.07) is 2.93. The molecule has 0 aliphatic heterocycles. The Hall–Kier alpha value is -1.29. The van der Waals surface area contributed by atoms with Crippen LogP contribution in [0, 0.1) is 0 Å². The molecule has 0 aliphatic rings. The molecule has 94 valence electrons. The normalized spacial score (nSPS) is 10.3. The number of anilines is 1. The minimum absolute atomic E-state index is 0.178. The van der Waals surface area contributed by atoms with Crippen LogP contribution in [-0.2, 0) is 0 Å². The predicted molar refractivity (Wildman–Crippen MR) is 69.0 cm³/mol. The maximum atomic E-state index is 10.9. The van der Waals surface area contributed by atoms with Crippen LogP contribution in [0.1, 0.15) is 37.0 Å². The molecule has 0 fully saturated rings. The van der Waals surface area contributed by atoms with Crippen molar-refractivity contribution < 1.29 is 9.90 Å². The van der Waals surface area contributed by atoms with Gasteiger partial charge in [0.15, 0.2) is 0 Å². The maximum Gasteiger partial charge on any atom is 0.335 e. The molecule has 0 aromatic carbocycles. The van der Waals surface area contributed by atoms with Gasteiger partial charge in [0.25, 0.3) is 0 Å². The van der Waals surface area contributed by atoms with E-state index in [1.54, 1.807) is 6.07 Å². The van der Waals surface area contributed by atoms with E-state index in [4.69, 9.17) is 16.7 Å². The Morgan fingerprint density at radius 3 is 2.41 bits per heavy atom. The molecular formula is C12H17ClN2O2. The lowest BCUT2D eigenvalue weighted by atomic mass is 10.2. The number of carboxylic acids is 1. The summed E-state index contributed by atoms with van der Waals surface area (Å²) in [5, 5.41) is 9.19. The van der Waals surface area contributed by atoms with Gasteiger partial charge in [-0.2, -0.15) is 0 Å². The fraction of sp³-hybridized carbons (Fsp3) is 0.500. The summed E-state index contributed by atoms with van der Waals surface area (Å²) in [6.07, 6.45) is 1.97. The van der Waals surface area contributed by atoms with Crippen LogP contribution in [0.2, 0.25) is 5.15 Å². The summed E-state index contributed by atoms with van der Waals surface area (Å²) in [4.78, 5) is 17.2. The van der Waals surface area contributed by atoms with E-state index in [2.05, 4.69) is 23.7 Å². The van der Waals surface area contributed by atoms with E-state index in [9.17, 15) is 4.79 Å². The number of aromatic carboxylic acids is 1. The third-order valence-electron chi connectivity index (χ3n) is 2.34. The molecule has 1 aromatic heterocycles. The second kappa shape index (κ2) is 6.45. The average Bonchev–Trinajstić information content (AvgIpc) is 2.28. The number of nitrogens with zero attached hydrogens (tertiary/aromatic N) is 2. The highest BCUT2D eigenvalue weighted by atomic mass is 35.5. The van der Waals surface area contributed by atoms with E-state index in [1.807, 2.05) is 0 Å². The van der Waals surface area contributed by atoms with Gasteiger partial charge in [-0.3, -0.25) is 0 Å². The summed E-state index contributed by atoms with van der Waals surface area (Å²) in [6.45, 7) is 5.84. The van der Waals surface area contributed by atoms with Crippen molar-refractivity contribution in [3.8, 4) is 0 Å². The molecule has 0 saturated heterocycles. The van der Waals surface area contributed by atoms with Gasteiger partial charge in [-0.1, -0.05) is 25.4 Å². The highest BCUT2D eigenvalue weighted by Gasteiger charge is 2.12. The molecule has 5 heteroatoms. The van der Waals surface area contributed by atoms with E-state index in [-0.39, 0.29) is 10.7 Å². The van der Waals surface area contributed by atoms with Crippen LogP contribution in [0.4, 0.5) is 5.82 Å². The minimum Gasteiger partial charge on any atom is -0.478 e. The molecule has 1 rings (SSSR count). The SMILES string of the molecule is CCCN(CCC)c1cc(C(=O)O)cc(Cl)n1. The van der Waals surface area contributed by atoms with Gasteiger partial charge in [-0.25, -0.2) is 9.78 Å². The summed E-state index contributed by atoms with van der Waals surface area (Å²) < 4.78 is 0. The van der Waals surface area contributed by atoms with Gasteiger partial charge in [-0.05, 0) is 25.0 Å². The Kier molecular flexibility index (Phi) is 5.22. The molecule has 4 nitrogen and oxygen atoms in total. The molecule has 0 saturated carbocycles. The smallest absolute Gasteiger partial charge is 0.335 e. The highest BCUT2D eigenvalue weighted by molar-refractivity contribution is 6.29. The van der Waals surface area contributed by atoms with Crippen LogP contribution in [0.25, 0.3) is 0 Å². The van der Waals surface area contributed by atoms with Gasteiger partial charge in [0.05, 0.1) is 5.56 Å². The molecule has 0 aliphatic carbocycles. The third kappa shape index (κ3) is 3.89. The Morgan fingerprint density at radius 1 is 1.35 bits per heavy atom. The summed E-state index contributed by atoms with van der Waals surface area (Å²) in [5.74, 6) is -0.345. The zero-order chi connectivity index (χ0) is 12.8. The van der Waals surface area contributed by atoms with Gasteiger partial charge in [-0.15, -0.1) is 0 Å². The Bertz CT molecular complexity index is 390. The maximum absolute atomic E-state index is 10.9. The number of rotatable bonds is 6. The van der Waals surface area contributed by atoms with Crippen LogP contribution < -0.4 is 4.90 Å². The molecule has 1 aromatic rings. The van der Waals surface area contributed by atoms with Crippen LogP contribution >= 0.6 is 11.6 Å². The first-order chi connectivity index (χ1) is 8.08. The third-order valence-corrected chi connectivity index (χ3v) is 2.53. The Balaban J connectivity index is 3.04. The number of halogens is 1. The first-order valence-corrected chi connectivity index (χ1v) is 6.12. The number of aromatic nitrogens is 1. The Morgan fingerprint density at radius 2 is 1.94 bits per heavy atom. The van der Waals surface area contributed by atoms with Gasteiger partial charge in [0.2, 0.25) is 0 Å². The van der Waals surface area contributed by atoms with Crippen LogP contribution in [-0.4, -0.2) is 29.1 Å². The molecule has 17 heavy (non-hydrogen) atoms. The predicted octanol–water partition coefficient (Wildman–Crippen LogP) is 3.06. The van der Waals surface area contributed by atoms with Crippen LogP contribution in [0.3, 0.4) is 0 Å². The van der Waals surface area contributed by atoms with Gasteiger partial charge < -0.3 is 10.0 Å². The highest BCUT2D eigenvalue weighted by Crippen LogP contribution is 2.19. The zero-order valence-electron chi connectivity index (χ0n) is 10.1. The number of carbonyl (C=O) groups is 1. The van der Waals surface area contributed by atoms with Crippen molar-refractivity contribution >= 4 is 23.4 Å². The monoisotopic (exact) mass is 256 g/mol. The first kappa shape index (κ1) is 13.8. The van der Waals surface area contributed by atoms with Crippen molar-refractivity contribution in [3.05, 3.63) is 22.8 Å². The lowest BCUT2D eigenvalue weighted by molar-refractivity contribution is 0.0697. The lowest BCUT2D eigenvalue weighted by Crippen LogP contribution is -2.26. The van der Waals surface area contributed by atoms with E-state index in [0.29, 0.717) is 5.82 Å². The largest absolute Gasteiger partial charge is 0.478 e. The molecular weight excluding hydrogens is 240 g/mol. The quantitative estimate of drug-likeness (QED) is 0.795. The van der Waals surface area contributed by atoms with Crippen molar-refractivity contribution in [2.75, 3.05) is 18.0 Å². The van der Waals surface area contributed by atoms with E-state index < -0.39 is 5.97 Å². The summed E-state index contributed by atoms with van der Waals surface area (Å²) in [7, 11) is 0. The molecule has 1 N–H and O–H groups in total.